The topological polar surface area (TPSA) is 9.23 Å². The van der Waals surface area contributed by atoms with E-state index in [4.69, 9.17) is 4.74 Å². The van der Waals surface area contributed by atoms with Crippen molar-refractivity contribution in [2.75, 3.05) is 0 Å². The number of fused-ring (bicyclic) bond motifs is 1. The Balaban J connectivity index is 1.78. The van der Waals surface area contributed by atoms with Crippen LogP contribution in [0.15, 0.2) is 35.2 Å². The number of hydrogen-bond donors (Lipinski definition) is 0. The molecule has 0 N–H and O–H groups in total. The van der Waals surface area contributed by atoms with Gasteiger partial charge in [-0.25, -0.2) is 0 Å². The largest absolute Gasteiger partial charge is 0.361 e. The maximum atomic E-state index is 6.11. The van der Waals surface area contributed by atoms with Gasteiger partial charge in [0, 0.05) is 10.8 Å². The molecule has 0 bridgehead atoms. The summed E-state index contributed by atoms with van der Waals surface area (Å²) < 4.78 is 6.11. The number of hydrogen-bond acceptors (Lipinski definition) is 2. The van der Waals surface area contributed by atoms with Crippen LogP contribution in [0, 0.1) is 5.92 Å². The van der Waals surface area contributed by atoms with Crippen molar-refractivity contribution in [3.05, 3.63) is 30.3 Å². The van der Waals surface area contributed by atoms with Gasteiger partial charge in [0.25, 0.3) is 0 Å². The molecule has 0 radical (unpaired) electrons. The molecule has 15 heavy (non-hydrogen) atoms. The lowest BCUT2D eigenvalue weighted by atomic mass is 9.80. The smallest absolute Gasteiger partial charge is 0.121 e. The Labute approximate surface area is 95.2 Å². The third-order valence-corrected chi connectivity index (χ3v) is 5.00. The molecular weight excluding hydrogens is 204 g/mol. The molecule has 3 atom stereocenters. The summed E-state index contributed by atoms with van der Waals surface area (Å²) in [5, 5.41) is 0. The Hall–Kier alpha value is -0.470. The van der Waals surface area contributed by atoms with E-state index >= 15 is 0 Å². The average molecular weight is 220 g/mol. The van der Waals surface area contributed by atoms with Crippen molar-refractivity contribution in [1.29, 1.82) is 0 Å². The molecule has 1 aromatic rings. The highest BCUT2D eigenvalue weighted by molar-refractivity contribution is 8.00. The Bertz CT molecular complexity index is 351. The van der Waals surface area contributed by atoms with E-state index in [1.54, 1.807) is 0 Å². The van der Waals surface area contributed by atoms with Crippen molar-refractivity contribution in [2.45, 2.75) is 42.1 Å². The van der Waals surface area contributed by atoms with Crippen LogP contribution in [0.3, 0.4) is 0 Å². The third-order valence-electron chi connectivity index (χ3n) is 3.51. The van der Waals surface area contributed by atoms with Gasteiger partial charge in [-0.3, -0.25) is 0 Å². The summed E-state index contributed by atoms with van der Waals surface area (Å²) >= 11 is 1.93. The van der Waals surface area contributed by atoms with Crippen LogP contribution in [-0.2, 0) is 4.74 Å². The predicted molar refractivity (Wildman–Crippen MR) is 62.9 cm³/mol. The fraction of sp³-hybridized carbons (Fsp3) is 0.538. The summed E-state index contributed by atoms with van der Waals surface area (Å²) in [7, 11) is 0. The standard InChI is InChI=1S/C13H16OS/c1-10-9-11-7-8-13(11,14-10)15-12-5-3-2-4-6-12/h2-6,10-11H,7-9H2,1H3/t10-,11+,13-/m1/s1. The van der Waals surface area contributed by atoms with E-state index in [1.807, 2.05) is 11.8 Å². The summed E-state index contributed by atoms with van der Waals surface area (Å²) in [5.41, 5.74) is 0. The molecule has 0 unspecified atom stereocenters. The first-order valence-corrected chi connectivity index (χ1v) is 6.52. The summed E-state index contributed by atoms with van der Waals surface area (Å²) in [4.78, 5) is 1.47. The Morgan fingerprint density at radius 1 is 1.33 bits per heavy atom. The fourth-order valence-electron chi connectivity index (χ4n) is 2.67. The highest BCUT2D eigenvalue weighted by Crippen LogP contribution is 2.58. The normalized spacial score (nSPS) is 38.5. The molecule has 2 heteroatoms. The molecular formula is C13H16OS. The van der Waals surface area contributed by atoms with Crippen LogP contribution in [-0.4, -0.2) is 11.0 Å². The lowest BCUT2D eigenvalue weighted by Crippen LogP contribution is -2.41. The van der Waals surface area contributed by atoms with Gasteiger partial charge < -0.3 is 4.74 Å². The molecule has 2 fully saturated rings. The van der Waals surface area contributed by atoms with Gasteiger partial charge in [-0.1, -0.05) is 30.0 Å². The lowest BCUT2D eigenvalue weighted by molar-refractivity contribution is -0.0275. The van der Waals surface area contributed by atoms with Gasteiger partial charge in [0.2, 0.25) is 0 Å². The first kappa shape index (κ1) is 9.73. The van der Waals surface area contributed by atoms with Crippen LogP contribution in [0.1, 0.15) is 26.2 Å². The molecule has 0 aromatic heterocycles. The molecule has 2 aliphatic rings. The molecule has 1 heterocycles. The molecule has 1 aliphatic heterocycles. The Morgan fingerprint density at radius 3 is 2.73 bits per heavy atom. The minimum absolute atomic E-state index is 0.126. The summed E-state index contributed by atoms with van der Waals surface area (Å²) in [6.45, 7) is 2.20. The SMILES string of the molecule is C[C@@H]1C[C@@H]2CC[C@]2(Sc2ccccc2)O1. The van der Waals surface area contributed by atoms with Crippen LogP contribution in [0.2, 0.25) is 0 Å². The highest BCUT2D eigenvalue weighted by Gasteiger charge is 2.54. The zero-order chi connectivity index (χ0) is 10.3. The van der Waals surface area contributed by atoms with Crippen LogP contribution < -0.4 is 0 Å². The molecule has 0 spiro atoms. The second kappa shape index (κ2) is 3.53. The average Bonchev–Trinajstić information content (AvgIpc) is 2.44. The fourth-order valence-corrected chi connectivity index (χ4v) is 4.18. The quantitative estimate of drug-likeness (QED) is 0.751. The van der Waals surface area contributed by atoms with Gasteiger partial charge in [0.05, 0.1) is 6.10 Å². The van der Waals surface area contributed by atoms with E-state index in [1.165, 1.54) is 24.2 Å². The van der Waals surface area contributed by atoms with E-state index in [-0.39, 0.29) is 4.93 Å². The first-order valence-electron chi connectivity index (χ1n) is 5.70. The van der Waals surface area contributed by atoms with E-state index in [2.05, 4.69) is 37.3 Å². The van der Waals surface area contributed by atoms with Crippen LogP contribution >= 0.6 is 11.8 Å². The minimum Gasteiger partial charge on any atom is -0.361 e. The van der Waals surface area contributed by atoms with Crippen LogP contribution in [0.5, 0.6) is 0 Å². The van der Waals surface area contributed by atoms with Gasteiger partial charge in [-0.05, 0) is 38.3 Å². The number of rotatable bonds is 2. The monoisotopic (exact) mass is 220 g/mol. The zero-order valence-electron chi connectivity index (χ0n) is 8.98. The molecule has 1 saturated heterocycles. The van der Waals surface area contributed by atoms with Crippen molar-refractivity contribution in [1.82, 2.24) is 0 Å². The highest BCUT2D eigenvalue weighted by atomic mass is 32.2. The Kier molecular flexibility index (Phi) is 2.29. The molecule has 3 rings (SSSR count). The van der Waals surface area contributed by atoms with Gasteiger partial charge >= 0.3 is 0 Å². The van der Waals surface area contributed by atoms with Crippen molar-refractivity contribution >= 4 is 11.8 Å². The molecule has 1 aromatic carbocycles. The van der Waals surface area contributed by atoms with Crippen LogP contribution in [0.25, 0.3) is 0 Å². The number of benzene rings is 1. The van der Waals surface area contributed by atoms with Crippen molar-refractivity contribution in [3.8, 4) is 0 Å². The summed E-state index contributed by atoms with van der Waals surface area (Å²) in [5.74, 6) is 0.790. The first-order chi connectivity index (χ1) is 7.28. The van der Waals surface area contributed by atoms with Gasteiger partial charge in [-0.2, -0.15) is 0 Å². The predicted octanol–water partition coefficient (Wildman–Crippen LogP) is 3.69. The van der Waals surface area contributed by atoms with E-state index in [0.717, 1.165) is 5.92 Å². The van der Waals surface area contributed by atoms with Crippen LogP contribution in [0.4, 0.5) is 0 Å². The number of ether oxygens (including phenoxy) is 1. The number of thioether (sulfide) groups is 1. The van der Waals surface area contributed by atoms with Gasteiger partial charge in [0.15, 0.2) is 0 Å². The van der Waals surface area contributed by atoms with Gasteiger partial charge in [0.1, 0.15) is 4.93 Å². The molecule has 1 nitrogen and oxygen atoms in total. The maximum Gasteiger partial charge on any atom is 0.121 e. The van der Waals surface area contributed by atoms with E-state index in [0.29, 0.717) is 6.10 Å². The van der Waals surface area contributed by atoms with E-state index < -0.39 is 0 Å². The van der Waals surface area contributed by atoms with Crippen molar-refractivity contribution < 1.29 is 4.74 Å². The molecule has 1 aliphatic carbocycles. The minimum atomic E-state index is 0.126. The second-order valence-corrected chi connectivity index (χ2v) is 5.99. The summed E-state index contributed by atoms with van der Waals surface area (Å²) in [6.07, 6.45) is 4.28. The zero-order valence-corrected chi connectivity index (χ0v) is 9.80. The molecule has 80 valence electrons. The molecule has 0 amide bonds. The Morgan fingerprint density at radius 2 is 2.13 bits per heavy atom. The lowest BCUT2D eigenvalue weighted by Gasteiger charge is -2.42. The third kappa shape index (κ3) is 1.60. The van der Waals surface area contributed by atoms with Gasteiger partial charge in [-0.15, -0.1) is 0 Å². The molecule has 1 saturated carbocycles. The second-order valence-electron chi connectivity index (χ2n) is 4.63. The van der Waals surface area contributed by atoms with E-state index in [9.17, 15) is 0 Å². The van der Waals surface area contributed by atoms with Crippen molar-refractivity contribution in [2.24, 2.45) is 5.92 Å². The maximum absolute atomic E-state index is 6.11. The summed E-state index contributed by atoms with van der Waals surface area (Å²) in [6, 6.07) is 10.6. The van der Waals surface area contributed by atoms with Crippen molar-refractivity contribution in [3.63, 3.8) is 0 Å².